The van der Waals surface area contributed by atoms with E-state index in [2.05, 4.69) is 29.9 Å². The van der Waals surface area contributed by atoms with Gasteiger partial charge in [0.15, 0.2) is 0 Å². The van der Waals surface area contributed by atoms with Crippen LogP contribution in [0.25, 0.3) is 0 Å². The molecule has 0 unspecified atom stereocenters. The number of rotatable bonds is 5. The largest absolute Gasteiger partial charge is 0.544 e. The molecule has 1 saturated heterocycles. The minimum Gasteiger partial charge on any atom is -0.544 e. The van der Waals surface area contributed by atoms with Gasteiger partial charge in [0, 0.05) is 26.2 Å². The van der Waals surface area contributed by atoms with E-state index in [1.165, 1.54) is 0 Å². The Morgan fingerprint density at radius 1 is 1.14 bits per heavy atom. The van der Waals surface area contributed by atoms with Crippen molar-refractivity contribution in [3.8, 4) is 5.75 Å². The van der Waals surface area contributed by atoms with Crippen LogP contribution in [0.2, 0.25) is 19.6 Å². The first-order valence-corrected chi connectivity index (χ1v) is 10.7. The topological polar surface area (TPSA) is 24.5 Å². The van der Waals surface area contributed by atoms with E-state index < -0.39 is 8.32 Å². The lowest BCUT2D eigenvalue weighted by molar-refractivity contribution is 0.147. The van der Waals surface area contributed by atoms with Crippen LogP contribution in [0.15, 0.2) is 24.3 Å². The minimum absolute atomic E-state index is 0. The van der Waals surface area contributed by atoms with Crippen LogP contribution >= 0.6 is 24.8 Å². The second-order valence-corrected chi connectivity index (χ2v) is 10.7. The highest BCUT2D eigenvalue weighted by molar-refractivity contribution is 6.70. The summed E-state index contributed by atoms with van der Waals surface area (Å²) < 4.78 is 19.4. The van der Waals surface area contributed by atoms with Gasteiger partial charge >= 0.3 is 0 Å². The summed E-state index contributed by atoms with van der Waals surface area (Å²) in [5.41, 5.74) is 1.04. The molecule has 1 aliphatic heterocycles. The highest BCUT2D eigenvalue weighted by Gasteiger charge is 2.22. The summed E-state index contributed by atoms with van der Waals surface area (Å²) >= 11 is 0. The molecule has 0 amide bonds. The first-order valence-electron chi connectivity index (χ1n) is 7.29. The van der Waals surface area contributed by atoms with Gasteiger partial charge in [0.2, 0.25) is 8.32 Å². The normalized spacial score (nSPS) is 17.1. The number of benzene rings is 1. The highest BCUT2D eigenvalue weighted by Crippen LogP contribution is 2.25. The van der Waals surface area contributed by atoms with Crippen LogP contribution in [0.3, 0.4) is 0 Å². The summed E-state index contributed by atoms with van der Waals surface area (Å²) in [5.74, 6) is 0.894. The Bertz CT molecular complexity index is 423. The second kappa shape index (κ2) is 9.73. The second-order valence-electron chi connectivity index (χ2n) is 6.24. The predicted octanol–water partition coefficient (Wildman–Crippen LogP) is 3.66. The van der Waals surface area contributed by atoms with Crippen LogP contribution in [0, 0.1) is 0 Å². The van der Waals surface area contributed by atoms with E-state index in [1.807, 2.05) is 24.3 Å². The van der Waals surface area contributed by atoms with Crippen molar-refractivity contribution in [3.05, 3.63) is 29.8 Å². The number of piperazine rings is 1. The molecule has 1 N–H and O–H groups in total. The summed E-state index contributed by atoms with van der Waals surface area (Å²) in [7, 11) is -1.58. The van der Waals surface area contributed by atoms with Crippen molar-refractivity contribution in [1.82, 2.24) is 10.2 Å². The maximum atomic E-state index is 13.4. The molecule has 0 bridgehead atoms. The summed E-state index contributed by atoms with van der Waals surface area (Å²) in [6, 6.07) is 7.82. The molecular weight excluding hydrogens is 342 g/mol. The van der Waals surface area contributed by atoms with Crippen LogP contribution in [-0.2, 0) is 0 Å². The van der Waals surface area contributed by atoms with Gasteiger partial charge in [0.05, 0.1) is 6.04 Å². The van der Waals surface area contributed by atoms with Gasteiger partial charge in [-0.2, -0.15) is 0 Å². The summed E-state index contributed by atoms with van der Waals surface area (Å²) in [4.78, 5) is 2.21. The van der Waals surface area contributed by atoms with E-state index in [1.54, 1.807) is 0 Å². The summed E-state index contributed by atoms with van der Waals surface area (Å²) in [6.45, 7) is 9.82. The Morgan fingerprint density at radius 2 is 1.68 bits per heavy atom. The molecule has 0 saturated carbocycles. The number of alkyl halides is 1. The van der Waals surface area contributed by atoms with E-state index in [-0.39, 0.29) is 37.5 Å². The van der Waals surface area contributed by atoms with Gasteiger partial charge in [0.1, 0.15) is 12.4 Å². The summed E-state index contributed by atoms with van der Waals surface area (Å²) in [6.07, 6.45) is 0. The Kier molecular flexibility index (Phi) is 9.58. The monoisotopic (exact) mass is 368 g/mol. The molecule has 1 atom stereocenters. The van der Waals surface area contributed by atoms with Crippen molar-refractivity contribution >= 4 is 33.1 Å². The van der Waals surface area contributed by atoms with Crippen molar-refractivity contribution in [2.24, 2.45) is 0 Å². The highest BCUT2D eigenvalue weighted by atomic mass is 35.5. The molecule has 3 nitrogen and oxygen atoms in total. The Balaban J connectivity index is 0.00000220. The maximum Gasteiger partial charge on any atom is 0.242 e. The smallest absolute Gasteiger partial charge is 0.242 e. The Morgan fingerprint density at radius 3 is 2.14 bits per heavy atom. The van der Waals surface area contributed by atoms with E-state index in [4.69, 9.17) is 4.43 Å². The zero-order valence-corrected chi connectivity index (χ0v) is 16.1. The molecule has 1 aliphatic rings. The first-order chi connectivity index (χ1) is 9.49. The van der Waals surface area contributed by atoms with E-state index >= 15 is 0 Å². The molecule has 1 aromatic carbocycles. The quantitative estimate of drug-likeness (QED) is 0.802. The average Bonchev–Trinajstić information content (AvgIpc) is 2.41. The fraction of sp³-hybridized carbons (Fsp3) is 0.600. The molecule has 7 heteroatoms. The Hall–Kier alpha value is -0.333. The molecule has 0 radical (unpaired) electrons. The van der Waals surface area contributed by atoms with Crippen molar-refractivity contribution in [2.75, 3.05) is 32.9 Å². The molecule has 1 fully saturated rings. The number of nitrogens with zero attached hydrogens (tertiary/aromatic N) is 1. The number of hydrogen-bond acceptors (Lipinski definition) is 3. The van der Waals surface area contributed by atoms with Gasteiger partial charge in [-0.3, -0.25) is 4.90 Å². The molecule has 0 spiro atoms. The zero-order valence-electron chi connectivity index (χ0n) is 13.5. The van der Waals surface area contributed by atoms with Crippen molar-refractivity contribution < 1.29 is 8.82 Å². The van der Waals surface area contributed by atoms with Crippen molar-refractivity contribution in [3.63, 3.8) is 0 Å². The fourth-order valence-corrected chi connectivity index (χ4v) is 3.35. The maximum absolute atomic E-state index is 13.4. The standard InChI is InChI=1S/C15H25FN2OSi.2ClH/c1-20(2,3)19-14-6-4-13(5-7-14)15(12-16)18-10-8-17-9-11-18;;/h4-7,15,17H,8-12H2,1-3H3;2*1H/t15-;;/m1../s1. The molecule has 2 rings (SSSR count). The van der Waals surface area contributed by atoms with Crippen LogP contribution in [0.5, 0.6) is 5.75 Å². The number of hydrogen-bond donors (Lipinski definition) is 1. The predicted molar refractivity (Wildman–Crippen MR) is 98.1 cm³/mol. The SMILES string of the molecule is C[Si](C)(C)Oc1ccc([C@@H](CF)N2CCNCC2)cc1.Cl.Cl. The van der Waals surface area contributed by atoms with Crippen LogP contribution < -0.4 is 9.74 Å². The molecule has 22 heavy (non-hydrogen) atoms. The number of halogens is 3. The fourth-order valence-electron chi connectivity index (χ4n) is 2.50. The van der Waals surface area contributed by atoms with Gasteiger partial charge < -0.3 is 9.74 Å². The van der Waals surface area contributed by atoms with E-state index in [0.29, 0.717) is 0 Å². The summed E-state index contributed by atoms with van der Waals surface area (Å²) in [5, 5.41) is 3.30. The average molecular weight is 369 g/mol. The van der Waals surface area contributed by atoms with Gasteiger partial charge in [0.25, 0.3) is 0 Å². The van der Waals surface area contributed by atoms with Crippen LogP contribution in [0.4, 0.5) is 4.39 Å². The van der Waals surface area contributed by atoms with Gasteiger partial charge in [-0.1, -0.05) is 12.1 Å². The van der Waals surface area contributed by atoms with Crippen molar-refractivity contribution in [1.29, 1.82) is 0 Å². The molecule has 0 aromatic heterocycles. The Labute approximate surface area is 146 Å². The first kappa shape index (κ1) is 21.7. The van der Waals surface area contributed by atoms with Gasteiger partial charge in [-0.25, -0.2) is 4.39 Å². The third-order valence-electron chi connectivity index (χ3n) is 3.43. The third-order valence-corrected chi connectivity index (χ3v) is 4.28. The third kappa shape index (κ3) is 6.42. The molecule has 1 heterocycles. The molecular formula is C15H27Cl2FN2OSi. The van der Waals surface area contributed by atoms with E-state index in [0.717, 1.165) is 37.5 Å². The number of nitrogens with one attached hydrogen (secondary N) is 1. The lowest BCUT2D eigenvalue weighted by Crippen LogP contribution is -2.45. The van der Waals surface area contributed by atoms with E-state index in [9.17, 15) is 4.39 Å². The van der Waals surface area contributed by atoms with Gasteiger partial charge in [-0.15, -0.1) is 24.8 Å². The lowest BCUT2D eigenvalue weighted by Gasteiger charge is -2.33. The van der Waals surface area contributed by atoms with Crippen molar-refractivity contribution in [2.45, 2.75) is 25.7 Å². The van der Waals surface area contributed by atoms with Gasteiger partial charge in [-0.05, 0) is 37.3 Å². The van der Waals surface area contributed by atoms with Crippen LogP contribution in [0.1, 0.15) is 11.6 Å². The zero-order chi connectivity index (χ0) is 14.6. The van der Waals surface area contributed by atoms with Crippen LogP contribution in [-0.4, -0.2) is 46.1 Å². The molecule has 128 valence electrons. The molecule has 0 aliphatic carbocycles. The molecule has 1 aromatic rings. The minimum atomic E-state index is -1.58. The lowest BCUT2D eigenvalue weighted by atomic mass is 10.1.